The summed E-state index contributed by atoms with van der Waals surface area (Å²) in [7, 11) is 0. The fourth-order valence-corrected chi connectivity index (χ4v) is 3.01. The summed E-state index contributed by atoms with van der Waals surface area (Å²) in [6.45, 7) is 0. The molecule has 152 valence electrons. The fourth-order valence-electron chi connectivity index (χ4n) is 2.40. The Morgan fingerprint density at radius 1 is 1.03 bits per heavy atom. The Balaban J connectivity index is 1.61. The third-order valence-electron chi connectivity index (χ3n) is 3.77. The number of anilines is 1. The zero-order valence-electron chi connectivity index (χ0n) is 15.0. The van der Waals surface area contributed by atoms with Crippen LogP contribution in [0.25, 0.3) is 11.3 Å². The molecule has 3 rings (SSSR count). The van der Waals surface area contributed by atoms with E-state index in [1.165, 1.54) is 18.2 Å². The number of hydrogen-bond donors (Lipinski definition) is 1. The number of amides is 1. The maximum Gasteiger partial charge on any atom is 0.306 e. The van der Waals surface area contributed by atoms with Gasteiger partial charge in [0.25, 0.3) is 5.69 Å². The summed E-state index contributed by atoms with van der Waals surface area (Å²) in [6.07, 6.45) is 0. The summed E-state index contributed by atoms with van der Waals surface area (Å²) in [5, 5.41) is 32.5. The fraction of sp³-hybridized carbons (Fsp3) is 0.0556. The lowest BCUT2D eigenvalue weighted by molar-refractivity contribution is -0.387. The number of nitrogens with one attached hydrogen (secondary N) is 1. The third-order valence-corrected chi connectivity index (χ3v) is 4.69. The van der Waals surface area contributed by atoms with Gasteiger partial charge in [0.2, 0.25) is 11.7 Å². The highest BCUT2D eigenvalue weighted by Gasteiger charge is 2.15. The average molecular weight is 429 g/mol. The predicted molar refractivity (Wildman–Crippen MR) is 107 cm³/mol. The summed E-state index contributed by atoms with van der Waals surface area (Å²) in [6, 6.07) is 12.3. The van der Waals surface area contributed by atoms with Crippen LogP contribution in [0.4, 0.5) is 21.5 Å². The first-order valence-electron chi connectivity index (χ1n) is 8.28. The van der Waals surface area contributed by atoms with Crippen LogP contribution in [0, 0.1) is 26.0 Å². The van der Waals surface area contributed by atoms with E-state index in [-0.39, 0.29) is 17.1 Å². The van der Waals surface area contributed by atoms with E-state index in [1.54, 1.807) is 24.3 Å². The second-order valence-electron chi connectivity index (χ2n) is 5.82. The quantitative estimate of drug-likeness (QED) is 0.339. The first kappa shape index (κ1) is 20.8. The van der Waals surface area contributed by atoms with Gasteiger partial charge in [-0.25, -0.2) is 0 Å². The van der Waals surface area contributed by atoms with E-state index in [2.05, 4.69) is 15.5 Å². The average Bonchev–Trinajstić information content (AvgIpc) is 2.74. The van der Waals surface area contributed by atoms with Gasteiger partial charge in [0.05, 0.1) is 21.3 Å². The minimum absolute atomic E-state index is 0.0595. The Morgan fingerprint density at radius 3 is 2.50 bits per heavy atom. The smallest absolute Gasteiger partial charge is 0.306 e. The van der Waals surface area contributed by atoms with Crippen LogP contribution in [0.2, 0.25) is 0 Å². The number of nitro groups is 2. The number of halogens is 1. The zero-order valence-corrected chi connectivity index (χ0v) is 15.8. The van der Waals surface area contributed by atoms with Crippen LogP contribution in [0.15, 0.2) is 59.6 Å². The molecular weight excluding hydrogens is 417 g/mol. The van der Waals surface area contributed by atoms with Gasteiger partial charge in [-0.1, -0.05) is 23.9 Å². The molecule has 0 aliphatic heterocycles. The Kier molecular flexibility index (Phi) is 6.27. The van der Waals surface area contributed by atoms with Crippen molar-refractivity contribution in [1.82, 2.24) is 10.2 Å². The van der Waals surface area contributed by atoms with Gasteiger partial charge in [-0.15, -0.1) is 10.2 Å². The Labute approximate surface area is 172 Å². The molecule has 1 heterocycles. The molecule has 3 aromatic rings. The minimum Gasteiger partial charge on any atom is -0.325 e. The molecule has 30 heavy (non-hydrogen) atoms. The summed E-state index contributed by atoms with van der Waals surface area (Å²) >= 11 is 1.07. The second-order valence-corrected chi connectivity index (χ2v) is 6.82. The molecule has 1 N–H and O–H groups in total. The van der Waals surface area contributed by atoms with Crippen molar-refractivity contribution in [2.45, 2.75) is 5.03 Å². The maximum atomic E-state index is 13.3. The number of benzene rings is 2. The second kappa shape index (κ2) is 9.05. The number of aromatic nitrogens is 2. The van der Waals surface area contributed by atoms with Crippen LogP contribution in [-0.4, -0.2) is 31.7 Å². The highest BCUT2D eigenvalue weighted by Crippen LogP contribution is 2.24. The number of rotatable bonds is 7. The summed E-state index contributed by atoms with van der Waals surface area (Å²) in [5.41, 5.74) is 0.268. The number of hydrogen-bond acceptors (Lipinski definition) is 8. The van der Waals surface area contributed by atoms with Crippen LogP contribution in [-0.2, 0) is 4.79 Å². The zero-order chi connectivity index (χ0) is 21.7. The number of nitrogens with zero attached hydrogens (tertiary/aromatic N) is 4. The van der Waals surface area contributed by atoms with Gasteiger partial charge in [0, 0.05) is 29.4 Å². The van der Waals surface area contributed by atoms with E-state index < -0.39 is 27.3 Å². The first-order chi connectivity index (χ1) is 14.3. The topological polar surface area (TPSA) is 141 Å². The van der Waals surface area contributed by atoms with Gasteiger partial charge >= 0.3 is 5.69 Å². The van der Waals surface area contributed by atoms with Gasteiger partial charge < -0.3 is 5.32 Å². The Hall–Kier alpha value is -3.93. The highest BCUT2D eigenvalue weighted by molar-refractivity contribution is 7.99. The lowest BCUT2D eigenvalue weighted by atomic mass is 10.1. The summed E-state index contributed by atoms with van der Waals surface area (Å²) in [4.78, 5) is 32.3. The standard InChI is InChI=1S/C18H12FN5O5S/c19-14-5-4-12(9-16(14)24(28)29)20-17(25)10-30-18-7-6-15(21-22-18)11-2-1-3-13(8-11)23(26)27/h1-9H,10H2,(H,20,25). The number of thioether (sulfide) groups is 1. The molecule has 1 aromatic heterocycles. The van der Waals surface area contributed by atoms with Gasteiger partial charge in [-0.3, -0.25) is 25.0 Å². The van der Waals surface area contributed by atoms with Crippen molar-refractivity contribution in [3.63, 3.8) is 0 Å². The maximum absolute atomic E-state index is 13.3. The minimum atomic E-state index is -0.994. The van der Waals surface area contributed by atoms with E-state index in [0.29, 0.717) is 16.3 Å². The Morgan fingerprint density at radius 2 is 1.83 bits per heavy atom. The summed E-state index contributed by atoms with van der Waals surface area (Å²) < 4.78 is 13.3. The lowest BCUT2D eigenvalue weighted by Gasteiger charge is -2.05. The van der Waals surface area contributed by atoms with Crippen molar-refractivity contribution >= 4 is 34.7 Å². The van der Waals surface area contributed by atoms with Crippen molar-refractivity contribution in [1.29, 1.82) is 0 Å². The largest absolute Gasteiger partial charge is 0.325 e. The monoisotopic (exact) mass is 429 g/mol. The van der Waals surface area contributed by atoms with Crippen LogP contribution >= 0.6 is 11.8 Å². The molecule has 0 atom stereocenters. The van der Waals surface area contributed by atoms with Crippen LogP contribution < -0.4 is 5.32 Å². The number of carbonyl (C=O) groups is 1. The SMILES string of the molecule is O=C(CSc1ccc(-c2cccc([N+](=O)[O-])c2)nn1)Nc1ccc(F)c([N+](=O)[O-])c1. The normalized spacial score (nSPS) is 10.4. The molecular formula is C18H12FN5O5S. The molecule has 0 fully saturated rings. The number of non-ortho nitro benzene ring substituents is 1. The Bertz CT molecular complexity index is 1130. The number of nitro benzene ring substituents is 2. The first-order valence-corrected chi connectivity index (χ1v) is 9.27. The van der Waals surface area contributed by atoms with E-state index in [9.17, 15) is 29.4 Å². The number of carbonyl (C=O) groups excluding carboxylic acids is 1. The van der Waals surface area contributed by atoms with E-state index in [0.717, 1.165) is 23.9 Å². The highest BCUT2D eigenvalue weighted by atomic mass is 32.2. The molecule has 12 heteroatoms. The van der Waals surface area contributed by atoms with Crippen molar-refractivity contribution in [3.8, 4) is 11.3 Å². The molecule has 10 nitrogen and oxygen atoms in total. The molecule has 0 saturated heterocycles. The van der Waals surface area contributed by atoms with Crippen LogP contribution in [0.3, 0.4) is 0 Å². The van der Waals surface area contributed by atoms with Crippen molar-refractivity contribution in [3.05, 3.63) is 80.6 Å². The van der Waals surface area contributed by atoms with Crippen LogP contribution in [0.5, 0.6) is 0 Å². The van der Waals surface area contributed by atoms with Crippen LogP contribution in [0.1, 0.15) is 0 Å². The van der Waals surface area contributed by atoms with E-state index in [4.69, 9.17) is 0 Å². The van der Waals surface area contributed by atoms with Crippen molar-refractivity contribution < 1.29 is 19.0 Å². The van der Waals surface area contributed by atoms with E-state index >= 15 is 0 Å². The molecule has 2 aromatic carbocycles. The molecule has 1 amide bonds. The van der Waals surface area contributed by atoms with Gasteiger partial charge in [0.15, 0.2) is 0 Å². The van der Waals surface area contributed by atoms with E-state index in [1.807, 2.05) is 0 Å². The molecule has 0 unspecified atom stereocenters. The van der Waals surface area contributed by atoms with Gasteiger partial charge in [-0.05, 0) is 24.3 Å². The third kappa shape index (κ3) is 5.11. The predicted octanol–water partition coefficient (Wildman–Crippen LogP) is 3.83. The lowest BCUT2D eigenvalue weighted by Crippen LogP contribution is -2.14. The van der Waals surface area contributed by atoms with Crippen molar-refractivity contribution in [2.24, 2.45) is 0 Å². The molecule has 0 aliphatic carbocycles. The van der Waals surface area contributed by atoms with Gasteiger partial charge in [-0.2, -0.15) is 4.39 Å². The van der Waals surface area contributed by atoms with Gasteiger partial charge in [0.1, 0.15) is 5.03 Å². The molecule has 0 radical (unpaired) electrons. The van der Waals surface area contributed by atoms with Crippen molar-refractivity contribution in [2.75, 3.05) is 11.1 Å². The molecule has 0 saturated carbocycles. The molecule has 0 bridgehead atoms. The summed E-state index contributed by atoms with van der Waals surface area (Å²) in [5.74, 6) is -1.52. The molecule has 0 aliphatic rings. The molecule has 0 spiro atoms.